The van der Waals surface area contributed by atoms with Crippen molar-refractivity contribution in [2.24, 2.45) is 10.8 Å². The van der Waals surface area contributed by atoms with Crippen LogP contribution in [0, 0.1) is 52.4 Å². The molecule has 6 aromatic carbocycles. The van der Waals surface area contributed by atoms with E-state index in [4.69, 9.17) is 33.2 Å². The summed E-state index contributed by atoms with van der Waals surface area (Å²) in [5.41, 5.74) is 3.68. The molecule has 0 saturated heterocycles. The number of rotatable bonds is 22. The van der Waals surface area contributed by atoms with Crippen molar-refractivity contribution in [1.29, 1.82) is 0 Å². The highest BCUT2D eigenvalue weighted by Crippen LogP contribution is 2.28. The Balaban J connectivity index is 1.37. The van der Waals surface area contributed by atoms with Crippen LogP contribution in [0.3, 0.4) is 0 Å². The zero-order valence-electron chi connectivity index (χ0n) is 40.8. The summed E-state index contributed by atoms with van der Waals surface area (Å²) >= 11 is 0. The fourth-order valence-electron chi connectivity index (χ4n) is 6.93. The molecule has 0 radical (unpaired) electrons. The standard InChI is InChI=1S/C58H58O13/c1-39-7-19-45(20-8-39)51(59)66-33-57(34-67-52(60)46-21-9-40(2)10-22-46,35-68-53(61)47-23-11-41(3)12-24-47)31-65-32-58(36-69-54(62)48-25-13-42(4)14-26-48,37-70-55(63)49-27-15-43(5)16-28-49)38-71-56(64)50-29-17-44(6)18-30-50/h7-30H,31-38H2,1-6H3. The topological polar surface area (TPSA) is 167 Å². The lowest BCUT2D eigenvalue weighted by Crippen LogP contribution is -2.47. The quantitative estimate of drug-likeness (QED) is 0.0466. The van der Waals surface area contributed by atoms with Crippen LogP contribution in [-0.2, 0) is 33.2 Å². The summed E-state index contributed by atoms with van der Waals surface area (Å²) in [5.74, 6) is -4.29. The fourth-order valence-corrected chi connectivity index (χ4v) is 6.93. The summed E-state index contributed by atoms with van der Waals surface area (Å²) in [6.07, 6.45) is 0. The molecule has 6 rings (SSSR count). The molecule has 368 valence electrons. The summed E-state index contributed by atoms with van der Waals surface area (Å²) < 4.78 is 42.1. The molecule has 0 saturated carbocycles. The minimum absolute atomic E-state index is 0.235. The zero-order valence-corrected chi connectivity index (χ0v) is 40.8. The first kappa shape index (κ1) is 52.5. The van der Waals surface area contributed by atoms with E-state index < -0.39 is 99.5 Å². The van der Waals surface area contributed by atoms with E-state index in [0.29, 0.717) is 0 Å². The van der Waals surface area contributed by atoms with Crippen molar-refractivity contribution in [2.45, 2.75) is 41.5 Å². The maximum absolute atomic E-state index is 13.6. The van der Waals surface area contributed by atoms with E-state index in [1.807, 2.05) is 41.5 Å². The van der Waals surface area contributed by atoms with E-state index in [1.165, 1.54) is 0 Å². The molecule has 0 amide bonds. The maximum Gasteiger partial charge on any atom is 0.338 e. The van der Waals surface area contributed by atoms with Crippen LogP contribution in [0.5, 0.6) is 0 Å². The Morgan fingerprint density at radius 2 is 0.394 bits per heavy atom. The van der Waals surface area contributed by atoms with Gasteiger partial charge in [0.25, 0.3) is 0 Å². The Hall–Kier alpha value is -7.90. The lowest BCUT2D eigenvalue weighted by molar-refractivity contribution is -0.112. The third kappa shape index (κ3) is 15.6. The summed E-state index contributed by atoms with van der Waals surface area (Å²) in [5, 5.41) is 0. The van der Waals surface area contributed by atoms with Crippen molar-refractivity contribution in [3.8, 4) is 0 Å². The van der Waals surface area contributed by atoms with Gasteiger partial charge in [0.2, 0.25) is 0 Å². The molecule has 0 spiro atoms. The molecule has 0 aliphatic carbocycles. The van der Waals surface area contributed by atoms with Crippen LogP contribution in [-0.4, -0.2) is 88.7 Å². The van der Waals surface area contributed by atoms with Crippen molar-refractivity contribution in [2.75, 3.05) is 52.9 Å². The average Bonchev–Trinajstić information content (AvgIpc) is 3.37. The molecule has 0 heterocycles. The summed E-state index contributed by atoms with van der Waals surface area (Å²) in [7, 11) is 0. The highest BCUT2D eigenvalue weighted by molar-refractivity contribution is 5.92. The van der Waals surface area contributed by atoms with Crippen molar-refractivity contribution in [3.05, 3.63) is 212 Å². The van der Waals surface area contributed by atoms with E-state index in [1.54, 1.807) is 146 Å². The van der Waals surface area contributed by atoms with Gasteiger partial charge < -0.3 is 33.2 Å². The van der Waals surface area contributed by atoms with Crippen LogP contribution >= 0.6 is 0 Å². The maximum atomic E-state index is 13.6. The van der Waals surface area contributed by atoms with Crippen molar-refractivity contribution in [1.82, 2.24) is 0 Å². The molecule has 0 N–H and O–H groups in total. The monoisotopic (exact) mass is 962 g/mol. The van der Waals surface area contributed by atoms with Gasteiger partial charge in [-0.2, -0.15) is 0 Å². The van der Waals surface area contributed by atoms with Gasteiger partial charge in [0.15, 0.2) is 0 Å². The third-order valence-corrected chi connectivity index (χ3v) is 11.6. The minimum Gasteiger partial charge on any atom is -0.461 e. The molecule has 0 aromatic heterocycles. The molecule has 0 bridgehead atoms. The van der Waals surface area contributed by atoms with Crippen LogP contribution in [0.1, 0.15) is 95.5 Å². The van der Waals surface area contributed by atoms with Crippen LogP contribution in [0.4, 0.5) is 0 Å². The van der Waals surface area contributed by atoms with Crippen molar-refractivity contribution < 1.29 is 61.9 Å². The molecule has 13 heteroatoms. The predicted molar refractivity (Wildman–Crippen MR) is 264 cm³/mol. The van der Waals surface area contributed by atoms with Crippen LogP contribution in [0.15, 0.2) is 146 Å². The summed E-state index contributed by atoms with van der Waals surface area (Å²) in [6.45, 7) is 7.37. The summed E-state index contributed by atoms with van der Waals surface area (Å²) in [4.78, 5) is 81.9. The second-order valence-electron chi connectivity index (χ2n) is 18.1. The van der Waals surface area contributed by atoms with Gasteiger partial charge in [0, 0.05) is 0 Å². The van der Waals surface area contributed by atoms with E-state index in [9.17, 15) is 28.8 Å². The van der Waals surface area contributed by atoms with Gasteiger partial charge in [0.05, 0.1) is 57.4 Å². The number of hydrogen-bond donors (Lipinski definition) is 0. The number of carbonyl (C=O) groups excluding carboxylic acids is 6. The van der Waals surface area contributed by atoms with Gasteiger partial charge >= 0.3 is 35.8 Å². The summed E-state index contributed by atoms with van der Waals surface area (Å²) in [6, 6.07) is 40.3. The number of hydrogen-bond acceptors (Lipinski definition) is 13. The molecule has 71 heavy (non-hydrogen) atoms. The highest BCUT2D eigenvalue weighted by Gasteiger charge is 2.41. The molecule has 6 aromatic rings. The number of carbonyl (C=O) groups is 6. The second-order valence-corrected chi connectivity index (χ2v) is 18.1. The number of benzene rings is 6. The van der Waals surface area contributed by atoms with Gasteiger partial charge in [0.1, 0.15) is 39.6 Å². The van der Waals surface area contributed by atoms with E-state index in [0.717, 1.165) is 33.4 Å². The van der Waals surface area contributed by atoms with Gasteiger partial charge in [-0.25, -0.2) is 28.8 Å². The van der Waals surface area contributed by atoms with Gasteiger partial charge in [-0.05, 0) is 114 Å². The predicted octanol–water partition coefficient (Wildman–Crippen LogP) is 9.97. The Morgan fingerprint density at radius 3 is 0.535 bits per heavy atom. The molecule has 13 nitrogen and oxygen atoms in total. The molecule has 0 atom stereocenters. The smallest absolute Gasteiger partial charge is 0.338 e. The highest BCUT2D eigenvalue weighted by atomic mass is 16.6. The first-order valence-corrected chi connectivity index (χ1v) is 23.0. The fraction of sp³-hybridized carbons (Fsp3) is 0.276. The molecule has 0 aliphatic rings. The van der Waals surface area contributed by atoms with Gasteiger partial charge in [-0.3, -0.25) is 0 Å². The first-order chi connectivity index (χ1) is 34.0. The lowest BCUT2D eigenvalue weighted by Gasteiger charge is -2.35. The first-order valence-electron chi connectivity index (χ1n) is 23.0. The van der Waals surface area contributed by atoms with Gasteiger partial charge in [-0.15, -0.1) is 0 Å². The largest absolute Gasteiger partial charge is 0.461 e. The number of ether oxygens (including phenoxy) is 7. The third-order valence-electron chi connectivity index (χ3n) is 11.6. The SMILES string of the molecule is Cc1ccc(C(=O)OCC(COCC(COC(=O)c2ccc(C)cc2)(COC(=O)c2ccc(C)cc2)COC(=O)c2ccc(C)cc2)(COC(=O)c2ccc(C)cc2)COC(=O)c2ccc(C)cc2)cc1. The van der Waals surface area contributed by atoms with E-state index >= 15 is 0 Å². The molecule has 0 aliphatic heterocycles. The Labute approximate surface area is 414 Å². The Kier molecular flexibility index (Phi) is 18.2. The van der Waals surface area contributed by atoms with Crippen LogP contribution in [0.25, 0.3) is 0 Å². The molecule has 0 fully saturated rings. The average molecular weight is 963 g/mol. The van der Waals surface area contributed by atoms with Gasteiger partial charge in [-0.1, -0.05) is 106 Å². The molecule has 0 unspecified atom stereocenters. The van der Waals surface area contributed by atoms with E-state index in [2.05, 4.69) is 0 Å². The number of esters is 6. The van der Waals surface area contributed by atoms with Crippen LogP contribution < -0.4 is 0 Å². The lowest BCUT2D eigenvalue weighted by atomic mass is 9.90. The van der Waals surface area contributed by atoms with Crippen molar-refractivity contribution >= 4 is 35.8 Å². The normalized spacial score (nSPS) is 11.2. The number of aryl methyl sites for hydroxylation is 6. The van der Waals surface area contributed by atoms with Crippen molar-refractivity contribution in [3.63, 3.8) is 0 Å². The second kappa shape index (κ2) is 24.6. The Morgan fingerprint density at radius 1 is 0.254 bits per heavy atom. The Bertz CT molecular complexity index is 2270. The van der Waals surface area contributed by atoms with E-state index in [-0.39, 0.29) is 33.4 Å². The van der Waals surface area contributed by atoms with Crippen LogP contribution in [0.2, 0.25) is 0 Å². The molecular weight excluding hydrogens is 905 g/mol. The zero-order chi connectivity index (χ0) is 51.0. The molecular formula is C58H58O13. The minimum atomic E-state index is -1.61.